The summed E-state index contributed by atoms with van der Waals surface area (Å²) in [6.45, 7) is 3.77. The zero-order valence-corrected chi connectivity index (χ0v) is 13.3. The van der Waals surface area contributed by atoms with Crippen molar-refractivity contribution in [1.29, 1.82) is 0 Å². The quantitative estimate of drug-likeness (QED) is 0.741. The van der Waals surface area contributed by atoms with Crippen LogP contribution in [0.5, 0.6) is 0 Å². The van der Waals surface area contributed by atoms with Gasteiger partial charge in [-0.05, 0) is 30.2 Å². The lowest BCUT2D eigenvalue weighted by Gasteiger charge is -2.09. The van der Waals surface area contributed by atoms with Gasteiger partial charge in [0.2, 0.25) is 0 Å². The average molecular weight is 327 g/mol. The van der Waals surface area contributed by atoms with E-state index in [0.717, 1.165) is 0 Å². The van der Waals surface area contributed by atoms with Crippen molar-refractivity contribution in [2.45, 2.75) is 13.8 Å². The minimum atomic E-state index is -0.679. The van der Waals surface area contributed by atoms with Crippen LogP contribution in [0.2, 0.25) is 5.02 Å². The predicted molar refractivity (Wildman–Crippen MR) is 82.6 cm³/mol. The Balaban J connectivity index is 2.26. The molecular formula is C15H19ClN2O4. The van der Waals surface area contributed by atoms with E-state index < -0.39 is 11.9 Å². The highest BCUT2D eigenvalue weighted by atomic mass is 35.5. The van der Waals surface area contributed by atoms with Crippen LogP contribution in [-0.2, 0) is 14.3 Å². The summed E-state index contributed by atoms with van der Waals surface area (Å²) in [7, 11) is 0. The molecule has 0 bridgehead atoms. The molecule has 7 heteroatoms. The Morgan fingerprint density at radius 3 is 2.36 bits per heavy atom. The maximum atomic E-state index is 11.7. The summed E-state index contributed by atoms with van der Waals surface area (Å²) in [5.74, 6) is -1.15. The lowest BCUT2D eigenvalue weighted by atomic mass is 10.2. The molecule has 0 saturated carbocycles. The normalized spacial score (nSPS) is 10.2. The second kappa shape index (κ2) is 9.04. The molecule has 0 spiro atoms. The minimum Gasteiger partial charge on any atom is -0.454 e. The van der Waals surface area contributed by atoms with Crippen LogP contribution in [0.15, 0.2) is 24.3 Å². The number of carbonyl (C=O) groups is 3. The van der Waals surface area contributed by atoms with E-state index in [1.807, 2.05) is 13.8 Å². The molecule has 1 aromatic rings. The van der Waals surface area contributed by atoms with E-state index in [9.17, 15) is 14.4 Å². The topological polar surface area (TPSA) is 84.5 Å². The van der Waals surface area contributed by atoms with Gasteiger partial charge < -0.3 is 15.4 Å². The van der Waals surface area contributed by atoms with Crippen LogP contribution in [0.1, 0.15) is 24.2 Å². The van der Waals surface area contributed by atoms with E-state index in [2.05, 4.69) is 10.6 Å². The summed E-state index contributed by atoms with van der Waals surface area (Å²) in [6, 6.07) is 6.24. The number of nitrogens with one attached hydrogen (secondary N) is 2. The molecule has 1 rings (SSSR count). The predicted octanol–water partition coefficient (Wildman–Crippen LogP) is 1.39. The van der Waals surface area contributed by atoms with Gasteiger partial charge in [0.05, 0.1) is 0 Å². The van der Waals surface area contributed by atoms with Crippen molar-refractivity contribution in [3.05, 3.63) is 34.9 Å². The zero-order valence-electron chi connectivity index (χ0n) is 12.5. The first kappa shape index (κ1) is 18.0. The van der Waals surface area contributed by atoms with E-state index >= 15 is 0 Å². The molecule has 2 N–H and O–H groups in total. The summed E-state index contributed by atoms with van der Waals surface area (Å²) < 4.78 is 4.75. The van der Waals surface area contributed by atoms with Gasteiger partial charge in [-0.2, -0.15) is 0 Å². The minimum absolute atomic E-state index is 0.307. The molecule has 0 unspecified atom stereocenters. The van der Waals surface area contributed by atoms with Crippen molar-refractivity contribution < 1.29 is 19.1 Å². The largest absolute Gasteiger partial charge is 0.454 e. The highest BCUT2D eigenvalue weighted by molar-refractivity contribution is 6.30. The summed E-state index contributed by atoms with van der Waals surface area (Å²) in [4.78, 5) is 34.5. The van der Waals surface area contributed by atoms with Gasteiger partial charge in [0.25, 0.3) is 11.8 Å². The number of hydrogen-bond donors (Lipinski definition) is 2. The van der Waals surface area contributed by atoms with Gasteiger partial charge in [-0.1, -0.05) is 25.4 Å². The molecule has 0 saturated heterocycles. The molecule has 0 aliphatic carbocycles. The standard InChI is InChI=1S/C15H19ClN2O4/c1-10(2)7-17-13(19)9-22-14(20)8-18-15(21)11-3-5-12(16)6-4-11/h3-6,10H,7-9H2,1-2H3,(H,17,19)(H,18,21). The number of esters is 1. The lowest BCUT2D eigenvalue weighted by Crippen LogP contribution is -2.35. The van der Waals surface area contributed by atoms with Gasteiger partial charge in [0.15, 0.2) is 6.61 Å². The van der Waals surface area contributed by atoms with Crippen LogP contribution in [0.25, 0.3) is 0 Å². The second-order valence-electron chi connectivity index (χ2n) is 5.05. The van der Waals surface area contributed by atoms with Gasteiger partial charge in [-0.3, -0.25) is 14.4 Å². The van der Waals surface area contributed by atoms with Crippen molar-refractivity contribution in [2.75, 3.05) is 19.7 Å². The zero-order chi connectivity index (χ0) is 16.5. The third-order valence-corrected chi connectivity index (χ3v) is 2.82. The molecule has 0 heterocycles. The molecule has 1 aromatic carbocycles. The number of halogens is 1. The molecule has 0 aromatic heterocycles. The molecule has 22 heavy (non-hydrogen) atoms. The first-order chi connectivity index (χ1) is 10.4. The third kappa shape index (κ3) is 7.08. The third-order valence-electron chi connectivity index (χ3n) is 2.57. The van der Waals surface area contributed by atoms with Crippen molar-refractivity contribution in [3.63, 3.8) is 0 Å². The first-order valence-corrected chi connectivity index (χ1v) is 7.22. The SMILES string of the molecule is CC(C)CNC(=O)COC(=O)CNC(=O)c1ccc(Cl)cc1. The average Bonchev–Trinajstić information content (AvgIpc) is 2.49. The summed E-state index contributed by atoms with van der Waals surface area (Å²) in [5.41, 5.74) is 0.381. The van der Waals surface area contributed by atoms with Crippen molar-refractivity contribution in [2.24, 2.45) is 5.92 Å². The molecular weight excluding hydrogens is 308 g/mol. The van der Waals surface area contributed by atoms with E-state index in [1.165, 1.54) is 0 Å². The van der Waals surface area contributed by atoms with Crippen molar-refractivity contribution >= 4 is 29.4 Å². The Morgan fingerprint density at radius 1 is 1.14 bits per heavy atom. The first-order valence-electron chi connectivity index (χ1n) is 6.84. The Morgan fingerprint density at radius 2 is 1.77 bits per heavy atom. The summed E-state index contributed by atoms with van der Waals surface area (Å²) in [6.07, 6.45) is 0. The van der Waals surface area contributed by atoms with E-state index in [1.54, 1.807) is 24.3 Å². The van der Waals surface area contributed by atoms with Gasteiger partial charge in [0, 0.05) is 17.1 Å². The molecule has 0 aliphatic heterocycles. The van der Waals surface area contributed by atoms with Crippen LogP contribution >= 0.6 is 11.6 Å². The highest BCUT2D eigenvalue weighted by Gasteiger charge is 2.10. The number of ether oxygens (including phenoxy) is 1. The van der Waals surface area contributed by atoms with Crippen LogP contribution < -0.4 is 10.6 Å². The van der Waals surface area contributed by atoms with Gasteiger partial charge in [-0.25, -0.2) is 0 Å². The molecule has 0 aliphatic rings. The summed E-state index contributed by atoms with van der Waals surface area (Å²) in [5, 5.41) is 5.54. The smallest absolute Gasteiger partial charge is 0.325 e. The Bertz CT molecular complexity index is 529. The Labute approximate surface area is 134 Å². The fraction of sp³-hybridized carbons (Fsp3) is 0.400. The molecule has 0 atom stereocenters. The van der Waals surface area contributed by atoms with Gasteiger partial charge >= 0.3 is 5.97 Å². The molecule has 0 radical (unpaired) electrons. The van der Waals surface area contributed by atoms with Crippen LogP contribution in [0.3, 0.4) is 0 Å². The monoisotopic (exact) mass is 326 g/mol. The highest BCUT2D eigenvalue weighted by Crippen LogP contribution is 2.09. The lowest BCUT2D eigenvalue weighted by molar-refractivity contribution is -0.147. The molecule has 120 valence electrons. The van der Waals surface area contributed by atoms with Crippen molar-refractivity contribution in [3.8, 4) is 0 Å². The maximum absolute atomic E-state index is 11.7. The van der Waals surface area contributed by atoms with Crippen LogP contribution in [-0.4, -0.2) is 37.5 Å². The number of carbonyl (C=O) groups excluding carboxylic acids is 3. The second-order valence-corrected chi connectivity index (χ2v) is 5.48. The van der Waals surface area contributed by atoms with E-state index in [0.29, 0.717) is 23.0 Å². The Kier molecular flexibility index (Phi) is 7.39. The molecule has 0 fully saturated rings. The fourth-order valence-electron chi connectivity index (χ4n) is 1.42. The number of rotatable bonds is 7. The number of hydrogen-bond acceptors (Lipinski definition) is 4. The molecule has 6 nitrogen and oxygen atoms in total. The summed E-state index contributed by atoms with van der Waals surface area (Å²) >= 11 is 5.72. The van der Waals surface area contributed by atoms with Gasteiger partial charge in [0.1, 0.15) is 6.54 Å². The van der Waals surface area contributed by atoms with Crippen LogP contribution in [0, 0.1) is 5.92 Å². The fourth-order valence-corrected chi connectivity index (χ4v) is 1.55. The van der Waals surface area contributed by atoms with Crippen LogP contribution in [0.4, 0.5) is 0 Å². The molecule has 2 amide bonds. The van der Waals surface area contributed by atoms with E-state index in [-0.39, 0.29) is 19.1 Å². The maximum Gasteiger partial charge on any atom is 0.325 e. The number of benzene rings is 1. The van der Waals surface area contributed by atoms with E-state index in [4.69, 9.17) is 16.3 Å². The number of amides is 2. The van der Waals surface area contributed by atoms with Gasteiger partial charge in [-0.15, -0.1) is 0 Å². The Hall–Kier alpha value is -2.08. The van der Waals surface area contributed by atoms with Crippen molar-refractivity contribution in [1.82, 2.24) is 10.6 Å².